The van der Waals surface area contributed by atoms with Gasteiger partial charge in [0.2, 0.25) is 5.91 Å². The molecule has 142 valence electrons. The van der Waals surface area contributed by atoms with E-state index in [9.17, 15) is 14.9 Å². The number of carbonyl (C=O) groups excluding carboxylic acids is 1. The van der Waals surface area contributed by atoms with Crippen LogP contribution in [-0.4, -0.2) is 17.4 Å². The van der Waals surface area contributed by atoms with Crippen LogP contribution in [-0.2, 0) is 4.79 Å². The average Bonchev–Trinajstić information content (AvgIpc) is 2.69. The number of nitro groups is 1. The second-order valence-corrected chi connectivity index (χ2v) is 6.27. The number of carbonyl (C=O) groups is 1. The molecule has 0 saturated carbocycles. The van der Waals surface area contributed by atoms with Crippen LogP contribution in [0.2, 0.25) is 5.02 Å². The zero-order valence-corrected chi connectivity index (χ0v) is 15.4. The molecule has 0 aromatic heterocycles. The molecule has 3 aromatic carbocycles. The monoisotopic (exact) mass is 396 g/mol. The SMILES string of the molecule is O=C(CNc1cc([N+](=O)[O-])ccc1Nc1ccccc1)Nc1ccccc1Cl. The zero-order valence-electron chi connectivity index (χ0n) is 14.7. The van der Waals surface area contributed by atoms with Gasteiger partial charge in [-0.1, -0.05) is 41.9 Å². The highest BCUT2D eigenvalue weighted by Crippen LogP contribution is 2.29. The van der Waals surface area contributed by atoms with Crippen molar-refractivity contribution in [1.82, 2.24) is 0 Å². The summed E-state index contributed by atoms with van der Waals surface area (Å²) in [5.41, 5.74) is 2.29. The third-order valence-electron chi connectivity index (χ3n) is 3.85. The number of anilines is 4. The minimum absolute atomic E-state index is 0.0763. The third-order valence-corrected chi connectivity index (χ3v) is 4.18. The van der Waals surface area contributed by atoms with Gasteiger partial charge >= 0.3 is 0 Å². The topological polar surface area (TPSA) is 96.3 Å². The van der Waals surface area contributed by atoms with Crippen molar-refractivity contribution in [2.24, 2.45) is 0 Å². The minimum Gasteiger partial charge on any atom is -0.374 e. The van der Waals surface area contributed by atoms with Crippen molar-refractivity contribution < 1.29 is 9.72 Å². The lowest BCUT2D eigenvalue weighted by molar-refractivity contribution is -0.384. The molecule has 3 rings (SSSR count). The number of benzene rings is 3. The van der Waals surface area contributed by atoms with E-state index in [-0.39, 0.29) is 18.1 Å². The van der Waals surface area contributed by atoms with Gasteiger partial charge in [-0.3, -0.25) is 14.9 Å². The Morgan fingerprint density at radius 1 is 0.929 bits per heavy atom. The van der Waals surface area contributed by atoms with E-state index in [4.69, 9.17) is 11.6 Å². The van der Waals surface area contributed by atoms with Crippen LogP contribution in [0.1, 0.15) is 0 Å². The summed E-state index contributed by atoms with van der Waals surface area (Å²) in [6.45, 7) is -0.0874. The molecule has 0 fully saturated rings. The van der Waals surface area contributed by atoms with Gasteiger partial charge in [-0.05, 0) is 30.3 Å². The van der Waals surface area contributed by atoms with Crippen LogP contribution in [0.4, 0.5) is 28.4 Å². The summed E-state index contributed by atoms with van der Waals surface area (Å²) in [5.74, 6) is -0.328. The van der Waals surface area contributed by atoms with Crippen LogP contribution in [0.25, 0.3) is 0 Å². The number of amides is 1. The minimum atomic E-state index is -0.485. The summed E-state index contributed by atoms with van der Waals surface area (Å²) in [7, 11) is 0. The maximum Gasteiger partial charge on any atom is 0.271 e. The number of hydrogen-bond acceptors (Lipinski definition) is 5. The normalized spacial score (nSPS) is 10.2. The van der Waals surface area contributed by atoms with Gasteiger partial charge in [0, 0.05) is 17.8 Å². The third kappa shape index (κ3) is 4.99. The highest BCUT2D eigenvalue weighted by atomic mass is 35.5. The number of nitrogens with one attached hydrogen (secondary N) is 3. The highest BCUT2D eigenvalue weighted by Gasteiger charge is 2.13. The highest BCUT2D eigenvalue weighted by molar-refractivity contribution is 6.33. The first-order chi connectivity index (χ1) is 13.5. The number of para-hydroxylation sites is 2. The lowest BCUT2D eigenvalue weighted by atomic mass is 10.2. The van der Waals surface area contributed by atoms with E-state index in [1.165, 1.54) is 12.1 Å². The van der Waals surface area contributed by atoms with Crippen LogP contribution >= 0.6 is 11.6 Å². The van der Waals surface area contributed by atoms with E-state index in [0.717, 1.165) is 5.69 Å². The standard InChI is InChI=1S/C20H17ClN4O3/c21-16-8-4-5-9-17(16)24-20(26)13-22-19-12-15(25(27)28)10-11-18(19)23-14-6-2-1-3-7-14/h1-12,22-23H,13H2,(H,24,26). The molecular formula is C20H17ClN4O3. The first-order valence-corrected chi connectivity index (χ1v) is 8.79. The quantitative estimate of drug-likeness (QED) is 0.384. The molecule has 1 amide bonds. The van der Waals surface area contributed by atoms with Gasteiger partial charge in [-0.25, -0.2) is 0 Å². The Labute approximate surface area is 166 Å². The fourth-order valence-electron chi connectivity index (χ4n) is 2.51. The Kier molecular flexibility index (Phi) is 6.08. The summed E-state index contributed by atoms with van der Waals surface area (Å²) < 4.78 is 0. The number of nitro benzene ring substituents is 1. The lowest BCUT2D eigenvalue weighted by Crippen LogP contribution is -2.22. The molecule has 0 heterocycles. The van der Waals surface area contributed by atoms with Crippen LogP contribution in [0.5, 0.6) is 0 Å². The van der Waals surface area contributed by atoms with Crippen molar-refractivity contribution in [3.05, 3.63) is 87.9 Å². The maximum atomic E-state index is 12.2. The number of non-ortho nitro benzene ring substituents is 1. The summed E-state index contributed by atoms with van der Waals surface area (Å²) in [5, 5.41) is 20.4. The van der Waals surface area contributed by atoms with E-state index in [1.807, 2.05) is 30.3 Å². The van der Waals surface area contributed by atoms with Crippen molar-refractivity contribution in [3.63, 3.8) is 0 Å². The molecule has 0 bridgehead atoms. The van der Waals surface area contributed by atoms with Crippen LogP contribution in [0, 0.1) is 10.1 Å². The fourth-order valence-corrected chi connectivity index (χ4v) is 2.69. The molecule has 7 nitrogen and oxygen atoms in total. The summed E-state index contributed by atoms with van der Waals surface area (Å²) in [6.07, 6.45) is 0. The largest absolute Gasteiger partial charge is 0.374 e. The van der Waals surface area contributed by atoms with E-state index in [1.54, 1.807) is 30.3 Å². The second kappa shape index (κ2) is 8.88. The van der Waals surface area contributed by atoms with Crippen molar-refractivity contribution in [2.45, 2.75) is 0 Å². The molecule has 0 atom stereocenters. The Balaban J connectivity index is 1.75. The molecule has 3 aromatic rings. The molecule has 0 aliphatic carbocycles. The average molecular weight is 397 g/mol. The Bertz CT molecular complexity index is 996. The number of nitrogens with zero attached hydrogens (tertiary/aromatic N) is 1. The van der Waals surface area contributed by atoms with Gasteiger partial charge in [0.15, 0.2) is 0 Å². The lowest BCUT2D eigenvalue weighted by Gasteiger charge is -2.14. The molecule has 0 radical (unpaired) electrons. The Hall–Kier alpha value is -3.58. The van der Waals surface area contributed by atoms with Gasteiger partial charge < -0.3 is 16.0 Å². The molecular weight excluding hydrogens is 380 g/mol. The van der Waals surface area contributed by atoms with Gasteiger partial charge in [0.1, 0.15) is 0 Å². The number of halogens is 1. The molecule has 0 aliphatic heterocycles. The fraction of sp³-hybridized carbons (Fsp3) is 0.0500. The van der Waals surface area contributed by atoms with Crippen molar-refractivity contribution in [3.8, 4) is 0 Å². The second-order valence-electron chi connectivity index (χ2n) is 5.86. The van der Waals surface area contributed by atoms with Crippen LogP contribution < -0.4 is 16.0 Å². The predicted molar refractivity (Wildman–Crippen MR) is 111 cm³/mol. The van der Waals surface area contributed by atoms with Gasteiger partial charge in [0.05, 0.1) is 33.6 Å². The molecule has 28 heavy (non-hydrogen) atoms. The molecule has 0 saturated heterocycles. The van der Waals surface area contributed by atoms with E-state index in [2.05, 4.69) is 16.0 Å². The van der Waals surface area contributed by atoms with E-state index in [0.29, 0.717) is 22.1 Å². The summed E-state index contributed by atoms with van der Waals surface area (Å²) in [6, 6.07) is 20.6. The first-order valence-electron chi connectivity index (χ1n) is 8.42. The number of hydrogen-bond donors (Lipinski definition) is 3. The molecule has 0 unspecified atom stereocenters. The Morgan fingerprint density at radius 2 is 1.64 bits per heavy atom. The first kappa shape index (κ1) is 19.2. The van der Waals surface area contributed by atoms with Crippen LogP contribution in [0.15, 0.2) is 72.8 Å². The smallest absolute Gasteiger partial charge is 0.271 e. The maximum absolute atomic E-state index is 12.2. The van der Waals surface area contributed by atoms with Crippen molar-refractivity contribution in [1.29, 1.82) is 0 Å². The number of rotatable bonds is 7. The molecule has 0 aliphatic rings. The van der Waals surface area contributed by atoms with Crippen molar-refractivity contribution >= 4 is 45.9 Å². The van der Waals surface area contributed by atoms with Crippen molar-refractivity contribution in [2.75, 3.05) is 22.5 Å². The van der Waals surface area contributed by atoms with E-state index < -0.39 is 4.92 Å². The van der Waals surface area contributed by atoms with E-state index >= 15 is 0 Å². The van der Waals surface area contributed by atoms with Gasteiger partial charge in [-0.2, -0.15) is 0 Å². The van der Waals surface area contributed by atoms with Crippen LogP contribution in [0.3, 0.4) is 0 Å². The van der Waals surface area contributed by atoms with Gasteiger partial charge in [-0.15, -0.1) is 0 Å². The Morgan fingerprint density at radius 3 is 2.36 bits per heavy atom. The predicted octanol–water partition coefficient (Wildman–Crippen LogP) is 5.04. The molecule has 0 spiro atoms. The van der Waals surface area contributed by atoms with Gasteiger partial charge in [0.25, 0.3) is 5.69 Å². The summed E-state index contributed by atoms with van der Waals surface area (Å²) in [4.78, 5) is 22.9. The molecule has 3 N–H and O–H groups in total. The summed E-state index contributed by atoms with van der Waals surface area (Å²) >= 11 is 6.04. The molecule has 8 heteroatoms. The zero-order chi connectivity index (χ0) is 19.9.